The number of hydrogen-bond acceptors (Lipinski definition) is 6. The molecule has 0 aliphatic carbocycles. The molecule has 0 N–H and O–H groups in total. The van der Waals surface area contributed by atoms with Crippen LogP contribution in [0.2, 0.25) is 0 Å². The van der Waals surface area contributed by atoms with Gasteiger partial charge in [0.05, 0.1) is 0 Å². The molecule has 1 aliphatic heterocycles. The van der Waals surface area contributed by atoms with Gasteiger partial charge < -0.3 is 0 Å². The average Bonchev–Trinajstić information content (AvgIpc) is 2.45. The van der Waals surface area contributed by atoms with Crippen molar-refractivity contribution in [1.29, 1.82) is 0 Å². The highest BCUT2D eigenvalue weighted by molar-refractivity contribution is 8.16. The Kier molecular flexibility index (Phi) is 9.94. The van der Waals surface area contributed by atoms with Crippen LogP contribution in [0.3, 0.4) is 0 Å². The Bertz CT molecular complexity index is 335. The van der Waals surface area contributed by atoms with Crippen LogP contribution in [0.1, 0.15) is 13.8 Å². The zero-order chi connectivity index (χ0) is 14.8. The van der Waals surface area contributed by atoms with Gasteiger partial charge in [0.1, 0.15) is 0 Å². The van der Waals surface area contributed by atoms with E-state index in [1.165, 1.54) is 23.5 Å². The first-order valence-electron chi connectivity index (χ1n) is 6.47. The van der Waals surface area contributed by atoms with Gasteiger partial charge in [-0.05, 0) is 26.0 Å². The second-order valence-corrected chi connectivity index (χ2v) is 8.89. The van der Waals surface area contributed by atoms with Crippen molar-refractivity contribution in [3.8, 4) is 0 Å². The Labute approximate surface area is 138 Å². The summed E-state index contributed by atoms with van der Waals surface area (Å²) < 4.78 is 0. The van der Waals surface area contributed by atoms with Gasteiger partial charge in [0.2, 0.25) is 10.2 Å². The zero-order valence-corrected chi connectivity index (χ0v) is 15.0. The van der Waals surface area contributed by atoms with Crippen molar-refractivity contribution in [2.45, 2.75) is 24.3 Å². The summed E-state index contributed by atoms with van der Waals surface area (Å²) in [6, 6.07) is 0. The Morgan fingerprint density at radius 3 is 1.65 bits per heavy atom. The maximum atomic E-state index is 11.4. The number of hydrogen-bond donors (Lipinski definition) is 0. The summed E-state index contributed by atoms with van der Waals surface area (Å²) in [4.78, 5) is 22.8. The Hall–Kier alpha value is 0.220. The molecule has 112 valence electrons. The predicted octanol–water partition coefficient (Wildman–Crippen LogP) is 3.88. The smallest absolute Gasteiger partial charge is 0.211 e. The molecule has 1 aliphatic rings. The minimum Gasteiger partial charge on any atom is -0.282 e. The molecule has 0 aromatic carbocycles. The largest absolute Gasteiger partial charge is 0.282 e. The quantitative estimate of drug-likeness (QED) is 0.678. The van der Waals surface area contributed by atoms with Crippen LogP contribution in [0.5, 0.6) is 0 Å². The van der Waals surface area contributed by atoms with Gasteiger partial charge in [0.25, 0.3) is 0 Å². The van der Waals surface area contributed by atoms with Crippen molar-refractivity contribution in [1.82, 2.24) is 0 Å². The topological polar surface area (TPSA) is 34.1 Å². The van der Waals surface area contributed by atoms with Crippen molar-refractivity contribution < 1.29 is 9.59 Å². The fraction of sp³-hybridized carbons (Fsp3) is 0.571. The Morgan fingerprint density at radius 1 is 0.950 bits per heavy atom. The third-order valence-corrected chi connectivity index (χ3v) is 8.09. The lowest BCUT2D eigenvalue weighted by Gasteiger charge is -2.26. The highest BCUT2D eigenvalue weighted by Crippen LogP contribution is 2.33. The molecule has 2 unspecified atom stereocenters. The van der Waals surface area contributed by atoms with Gasteiger partial charge in [-0.2, -0.15) is 23.5 Å². The van der Waals surface area contributed by atoms with Gasteiger partial charge in [-0.25, -0.2) is 0 Å². The van der Waals surface area contributed by atoms with E-state index in [0.717, 1.165) is 23.0 Å². The molecule has 0 amide bonds. The minimum atomic E-state index is 0.146. The molecule has 1 rings (SSSR count). The van der Waals surface area contributed by atoms with Gasteiger partial charge in [-0.3, -0.25) is 9.59 Å². The molecule has 1 saturated heterocycles. The first-order chi connectivity index (χ1) is 9.65. The van der Waals surface area contributed by atoms with E-state index < -0.39 is 0 Å². The molecule has 20 heavy (non-hydrogen) atoms. The van der Waals surface area contributed by atoms with Crippen LogP contribution in [0.15, 0.2) is 24.3 Å². The molecule has 0 aromatic rings. The van der Waals surface area contributed by atoms with E-state index in [-0.39, 0.29) is 10.2 Å². The van der Waals surface area contributed by atoms with E-state index in [4.69, 9.17) is 0 Å². The van der Waals surface area contributed by atoms with Crippen LogP contribution in [0.4, 0.5) is 0 Å². The van der Waals surface area contributed by atoms with E-state index in [1.54, 1.807) is 24.3 Å². The molecule has 2 nitrogen and oxygen atoms in total. The van der Waals surface area contributed by atoms with Gasteiger partial charge in [-0.1, -0.05) is 35.7 Å². The molecule has 0 spiro atoms. The lowest BCUT2D eigenvalue weighted by Crippen LogP contribution is -2.25. The molecule has 1 fully saturated rings. The second kappa shape index (κ2) is 10.9. The SMILES string of the molecule is CC=CC(=O)SCC1CSC(CSC(=O)C=CC)CS1. The van der Waals surface area contributed by atoms with Gasteiger partial charge in [0, 0.05) is 33.5 Å². The van der Waals surface area contributed by atoms with E-state index in [1.807, 2.05) is 37.4 Å². The van der Waals surface area contributed by atoms with Crippen LogP contribution in [0, 0.1) is 0 Å². The molecule has 0 bridgehead atoms. The molecular formula is C14H20O2S4. The number of carbonyl (C=O) groups excluding carboxylic acids is 2. The van der Waals surface area contributed by atoms with E-state index in [2.05, 4.69) is 0 Å². The normalized spacial score (nSPS) is 23.5. The van der Waals surface area contributed by atoms with Crippen LogP contribution < -0.4 is 0 Å². The summed E-state index contributed by atoms with van der Waals surface area (Å²) in [5, 5.41) is 1.39. The predicted molar refractivity (Wildman–Crippen MR) is 97.1 cm³/mol. The third kappa shape index (κ3) is 7.86. The molecule has 6 heteroatoms. The molecule has 0 saturated carbocycles. The van der Waals surface area contributed by atoms with Gasteiger partial charge in [-0.15, -0.1) is 0 Å². The third-order valence-electron chi connectivity index (χ3n) is 2.46. The average molecular weight is 349 g/mol. The van der Waals surface area contributed by atoms with Gasteiger partial charge in [0.15, 0.2) is 0 Å². The molecular weight excluding hydrogens is 328 g/mol. The summed E-state index contributed by atoms with van der Waals surface area (Å²) in [5.41, 5.74) is 0. The van der Waals surface area contributed by atoms with Crippen molar-refractivity contribution in [3.63, 3.8) is 0 Å². The number of thioether (sulfide) groups is 4. The summed E-state index contributed by atoms with van der Waals surface area (Å²) in [6.45, 7) is 3.72. The number of rotatable bonds is 6. The first kappa shape index (κ1) is 18.3. The van der Waals surface area contributed by atoms with Crippen molar-refractivity contribution in [3.05, 3.63) is 24.3 Å². The summed E-state index contributed by atoms with van der Waals surface area (Å²) in [5.74, 6) is 3.92. The summed E-state index contributed by atoms with van der Waals surface area (Å²) in [7, 11) is 0. The Balaban J connectivity index is 2.16. The summed E-state index contributed by atoms with van der Waals surface area (Å²) in [6.07, 6.45) is 6.81. The molecule has 0 aromatic heterocycles. The van der Waals surface area contributed by atoms with E-state index in [9.17, 15) is 9.59 Å². The molecule has 1 heterocycles. The number of allylic oxidation sites excluding steroid dienone is 2. The fourth-order valence-corrected chi connectivity index (χ4v) is 6.82. The number of carbonyl (C=O) groups is 2. The van der Waals surface area contributed by atoms with Crippen LogP contribution in [0.25, 0.3) is 0 Å². The fourth-order valence-electron chi connectivity index (χ4n) is 1.49. The lowest BCUT2D eigenvalue weighted by atomic mass is 10.5. The monoisotopic (exact) mass is 348 g/mol. The van der Waals surface area contributed by atoms with Crippen LogP contribution in [-0.2, 0) is 9.59 Å². The van der Waals surface area contributed by atoms with E-state index in [0.29, 0.717) is 10.5 Å². The van der Waals surface area contributed by atoms with Crippen LogP contribution >= 0.6 is 47.0 Å². The summed E-state index contributed by atoms with van der Waals surface area (Å²) >= 11 is 6.68. The van der Waals surface area contributed by atoms with Crippen LogP contribution in [-0.4, -0.2) is 43.7 Å². The maximum absolute atomic E-state index is 11.4. The zero-order valence-electron chi connectivity index (χ0n) is 11.7. The van der Waals surface area contributed by atoms with Crippen molar-refractivity contribution >= 4 is 57.3 Å². The van der Waals surface area contributed by atoms with Gasteiger partial charge >= 0.3 is 0 Å². The highest BCUT2D eigenvalue weighted by Gasteiger charge is 2.23. The van der Waals surface area contributed by atoms with Crippen molar-refractivity contribution in [2.75, 3.05) is 23.0 Å². The standard InChI is InChI=1S/C14H20O2S4/c1-3-5-13(15)19-9-11-7-18-12(8-17-11)10-20-14(16)6-4-2/h3-6,11-12H,7-10H2,1-2H3. The lowest BCUT2D eigenvalue weighted by molar-refractivity contribution is -0.107. The first-order valence-corrected chi connectivity index (χ1v) is 10.5. The second-order valence-electron chi connectivity index (χ2n) is 4.17. The Morgan fingerprint density at radius 2 is 1.35 bits per heavy atom. The minimum absolute atomic E-state index is 0.146. The van der Waals surface area contributed by atoms with Crippen molar-refractivity contribution in [2.24, 2.45) is 0 Å². The maximum Gasteiger partial charge on any atom is 0.211 e. The molecule has 0 radical (unpaired) electrons. The van der Waals surface area contributed by atoms with E-state index >= 15 is 0 Å². The highest BCUT2D eigenvalue weighted by atomic mass is 32.2. The molecule has 2 atom stereocenters.